The Balaban J connectivity index is 2.27. The first-order valence-corrected chi connectivity index (χ1v) is 6.69. The highest BCUT2D eigenvalue weighted by atomic mass is 79.9. The first-order valence-electron chi connectivity index (χ1n) is 5.90. The minimum atomic E-state index is 0.0841. The largest absolute Gasteiger partial charge is 0.492 e. The molecule has 1 aromatic carbocycles. The summed E-state index contributed by atoms with van der Waals surface area (Å²) >= 11 is 3.40. The first kappa shape index (κ1) is 15.0. The normalized spacial score (nSPS) is 12.4. The van der Waals surface area contributed by atoms with Crippen molar-refractivity contribution >= 4 is 21.8 Å². The number of amidine groups is 1. The molecule has 0 saturated heterocycles. The van der Waals surface area contributed by atoms with Crippen molar-refractivity contribution in [2.24, 2.45) is 11.7 Å². The van der Waals surface area contributed by atoms with Crippen LogP contribution in [0.4, 0.5) is 0 Å². The van der Waals surface area contributed by atoms with Gasteiger partial charge in [-0.05, 0) is 25.2 Å². The molecule has 0 bridgehead atoms. The van der Waals surface area contributed by atoms with Crippen LogP contribution in [-0.2, 0) is 0 Å². The van der Waals surface area contributed by atoms with E-state index in [-0.39, 0.29) is 11.8 Å². The number of hydrogen-bond acceptors (Lipinski definition) is 3. The Morgan fingerprint density at radius 1 is 1.56 bits per heavy atom. The Labute approximate surface area is 117 Å². The van der Waals surface area contributed by atoms with Gasteiger partial charge in [-0.25, -0.2) is 0 Å². The predicted octanol–water partition coefficient (Wildman–Crippen LogP) is 2.33. The lowest BCUT2D eigenvalue weighted by Crippen LogP contribution is -2.34. The third-order valence-corrected chi connectivity index (χ3v) is 3.15. The molecule has 4 nitrogen and oxygen atoms in total. The van der Waals surface area contributed by atoms with E-state index in [1.165, 1.54) is 0 Å². The van der Waals surface area contributed by atoms with Crippen molar-refractivity contribution in [1.82, 2.24) is 4.90 Å². The minimum absolute atomic E-state index is 0.0841. The number of benzene rings is 1. The Kier molecular flexibility index (Phi) is 6.15. The lowest BCUT2D eigenvalue weighted by molar-refractivity contribution is 0.230. The molecule has 0 aliphatic heterocycles. The van der Waals surface area contributed by atoms with Crippen LogP contribution in [0.25, 0.3) is 0 Å². The molecule has 100 valence electrons. The lowest BCUT2D eigenvalue weighted by Gasteiger charge is -2.20. The van der Waals surface area contributed by atoms with Gasteiger partial charge in [0, 0.05) is 23.5 Å². The fourth-order valence-electron chi connectivity index (χ4n) is 1.53. The fourth-order valence-corrected chi connectivity index (χ4v) is 1.91. The average molecular weight is 314 g/mol. The van der Waals surface area contributed by atoms with Crippen LogP contribution in [0.5, 0.6) is 5.75 Å². The molecule has 18 heavy (non-hydrogen) atoms. The molecule has 0 fully saturated rings. The SMILES string of the molecule is CC(CN(C)CCOc1cccc(Br)c1)C(=N)N. The van der Waals surface area contributed by atoms with Crippen LogP contribution < -0.4 is 10.5 Å². The van der Waals surface area contributed by atoms with Crippen LogP contribution >= 0.6 is 15.9 Å². The summed E-state index contributed by atoms with van der Waals surface area (Å²) < 4.78 is 6.66. The van der Waals surface area contributed by atoms with Gasteiger partial charge in [0.2, 0.25) is 0 Å². The number of nitrogens with two attached hydrogens (primary N) is 1. The zero-order valence-electron chi connectivity index (χ0n) is 10.8. The van der Waals surface area contributed by atoms with Gasteiger partial charge >= 0.3 is 0 Å². The van der Waals surface area contributed by atoms with Crippen LogP contribution in [0.3, 0.4) is 0 Å². The van der Waals surface area contributed by atoms with Crippen molar-refractivity contribution in [3.8, 4) is 5.75 Å². The molecule has 0 spiro atoms. The summed E-state index contributed by atoms with van der Waals surface area (Å²) in [5.41, 5.74) is 5.44. The first-order chi connectivity index (χ1) is 8.49. The summed E-state index contributed by atoms with van der Waals surface area (Å²) in [6.45, 7) is 4.16. The third kappa shape index (κ3) is 5.51. The number of rotatable bonds is 7. The lowest BCUT2D eigenvalue weighted by atomic mass is 10.1. The molecule has 1 aromatic rings. The Hall–Kier alpha value is -1.07. The number of ether oxygens (including phenoxy) is 1. The zero-order valence-corrected chi connectivity index (χ0v) is 12.4. The second kappa shape index (κ2) is 7.38. The van der Waals surface area contributed by atoms with Crippen molar-refractivity contribution in [1.29, 1.82) is 5.41 Å². The summed E-state index contributed by atoms with van der Waals surface area (Å²) in [6, 6.07) is 7.79. The van der Waals surface area contributed by atoms with Gasteiger partial charge in [-0.15, -0.1) is 0 Å². The van der Waals surface area contributed by atoms with E-state index in [0.29, 0.717) is 6.61 Å². The molecule has 0 aromatic heterocycles. The highest BCUT2D eigenvalue weighted by Crippen LogP contribution is 2.17. The van der Waals surface area contributed by atoms with Gasteiger partial charge in [-0.2, -0.15) is 0 Å². The Morgan fingerprint density at radius 2 is 2.28 bits per heavy atom. The van der Waals surface area contributed by atoms with Gasteiger partial charge in [-0.1, -0.05) is 28.9 Å². The van der Waals surface area contributed by atoms with Crippen LogP contribution in [0, 0.1) is 11.3 Å². The van der Waals surface area contributed by atoms with E-state index in [4.69, 9.17) is 15.9 Å². The summed E-state index contributed by atoms with van der Waals surface area (Å²) in [7, 11) is 2.00. The molecule has 1 atom stereocenters. The molecule has 0 amide bonds. The molecule has 0 heterocycles. The number of nitrogens with zero attached hydrogens (tertiary/aromatic N) is 1. The van der Waals surface area contributed by atoms with E-state index >= 15 is 0 Å². The Morgan fingerprint density at radius 3 is 2.89 bits per heavy atom. The van der Waals surface area contributed by atoms with Gasteiger partial charge < -0.3 is 15.4 Å². The molecular weight excluding hydrogens is 294 g/mol. The maximum absolute atomic E-state index is 7.34. The number of nitrogens with one attached hydrogen (secondary N) is 1. The number of likely N-dealkylation sites (N-methyl/N-ethyl adjacent to an activating group) is 1. The second-order valence-corrected chi connectivity index (χ2v) is 5.34. The van der Waals surface area contributed by atoms with Gasteiger partial charge in [0.05, 0.1) is 5.84 Å². The maximum atomic E-state index is 7.34. The quantitative estimate of drug-likeness (QED) is 0.600. The van der Waals surface area contributed by atoms with E-state index in [1.54, 1.807) is 0 Å². The van der Waals surface area contributed by atoms with E-state index < -0.39 is 0 Å². The number of hydrogen-bond donors (Lipinski definition) is 2. The molecule has 0 radical (unpaired) electrons. The van der Waals surface area contributed by atoms with E-state index in [0.717, 1.165) is 23.3 Å². The van der Waals surface area contributed by atoms with Crippen molar-refractivity contribution in [2.75, 3.05) is 26.7 Å². The van der Waals surface area contributed by atoms with Crippen molar-refractivity contribution in [3.05, 3.63) is 28.7 Å². The monoisotopic (exact) mass is 313 g/mol. The van der Waals surface area contributed by atoms with Crippen LogP contribution in [0.2, 0.25) is 0 Å². The fraction of sp³-hybridized carbons (Fsp3) is 0.462. The maximum Gasteiger partial charge on any atom is 0.120 e. The third-order valence-electron chi connectivity index (χ3n) is 2.65. The van der Waals surface area contributed by atoms with Crippen molar-refractivity contribution in [2.45, 2.75) is 6.92 Å². The molecule has 5 heteroatoms. The van der Waals surface area contributed by atoms with Gasteiger partial charge in [0.1, 0.15) is 12.4 Å². The highest BCUT2D eigenvalue weighted by molar-refractivity contribution is 9.10. The molecule has 0 aliphatic rings. The van der Waals surface area contributed by atoms with Crippen molar-refractivity contribution in [3.63, 3.8) is 0 Å². The van der Waals surface area contributed by atoms with Crippen LogP contribution in [0.1, 0.15) is 6.92 Å². The highest BCUT2D eigenvalue weighted by Gasteiger charge is 2.08. The van der Waals surface area contributed by atoms with Crippen LogP contribution in [0.15, 0.2) is 28.7 Å². The second-order valence-electron chi connectivity index (χ2n) is 4.42. The smallest absolute Gasteiger partial charge is 0.120 e. The topological polar surface area (TPSA) is 62.3 Å². The minimum Gasteiger partial charge on any atom is -0.492 e. The standard InChI is InChI=1S/C13H20BrN3O/c1-10(13(15)16)9-17(2)6-7-18-12-5-3-4-11(14)8-12/h3-5,8,10H,6-7,9H2,1-2H3,(H3,15,16). The molecule has 3 N–H and O–H groups in total. The van der Waals surface area contributed by atoms with Gasteiger partial charge in [0.25, 0.3) is 0 Å². The summed E-state index contributed by atoms with van der Waals surface area (Å²) in [5.74, 6) is 1.17. The van der Waals surface area contributed by atoms with E-state index in [2.05, 4.69) is 20.8 Å². The van der Waals surface area contributed by atoms with E-state index in [1.807, 2.05) is 38.2 Å². The zero-order chi connectivity index (χ0) is 13.5. The molecule has 1 unspecified atom stereocenters. The summed E-state index contributed by atoms with van der Waals surface area (Å²) in [5, 5.41) is 7.34. The summed E-state index contributed by atoms with van der Waals surface area (Å²) in [4.78, 5) is 2.12. The average Bonchev–Trinajstić information content (AvgIpc) is 2.28. The predicted molar refractivity (Wildman–Crippen MR) is 78.2 cm³/mol. The molecule has 0 saturated carbocycles. The molecule has 1 rings (SSSR count). The molecule has 0 aliphatic carbocycles. The van der Waals surface area contributed by atoms with Gasteiger partial charge in [-0.3, -0.25) is 5.41 Å². The van der Waals surface area contributed by atoms with Crippen molar-refractivity contribution < 1.29 is 4.74 Å². The van der Waals surface area contributed by atoms with Gasteiger partial charge in [0.15, 0.2) is 0 Å². The Bertz CT molecular complexity index is 398. The van der Waals surface area contributed by atoms with E-state index in [9.17, 15) is 0 Å². The summed E-state index contributed by atoms with van der Waals surface area (Å²) in [6.07, 6.45) is 0. The number of halogens is 1. The molecular formula is C13H20BrN3O. The van der Waals surface area contributed by atoms with Crippen LogP contribution in [-0.4, -0.2) is 37.5 Å².